The first-order chi connectivity index (χ1) is 6.29. The molecule has 2 aromatic rings. The third-order valence-electron chi connectivity index (χ3n) is 1.41. The van der Waals surface area contributed by atoms with Crippen molar-refractivity contribution >= 4 is 23.7 Å². The van der Waals surface area contributed by atoms with Crippen LogP contribution in [-0.4, -0.2) is 15.1 Å². The van der Waals surface area contributed by atoms with E-state index in [0.29, 0.717) is 18.1 Å². The summed E-state index contributed by atoms with van der Waals surface area (Å²) in [7, 11) is 0. The monoisotopic (exact) mass is 234 g/mol. The molecule has 0 aliphatic carbocycles. The number of nitrogens with two attached hydrogens (primary N) is 1. The smallest absolute Gasteiger partial charge is 0.325 e. The SMILES string of the molecule is Cl.NCc1nc(-c2noc(=O)[nH]2)cs1. The molecule has 3 N–H and O–H groups in total. The van der Waals surface area contributed by atoms with Crippen molar-refractivity contribution in [2.75, 3.05) is 0 Å². The van der Waals surface area contributed by atoms with Gasteiger partial charge >= 0.3 is 5.76 Å². The largest absolute Gasteiger partial charge is 0.439 e. The van der Waals surface area contributed by atoms with Crippen LogP contribution < -0.4 is 11.5 Å². The zero-order valence-electron chi connectivity index (χ0n) is 6.89. The lowest BCUT2D eigenvalue weighted by atomic mass is 10.5. The number of thiazole rings is 1. The Morgan fingerprint density at radius 1 is 1.64 bits per heavy atom. The minimum Gasteiger partial charge on any atom is -0.325 e. The summed E-state index contributed by atoms with van der Waals surface area (Å²) < 4.78 is 4.33. The second-order valence-corrected chi connectivity index (χ2v) is 3.22. The van der Waals surface area contributed by atoms with Crippen LogP contribution in [0.2, 0.25) is 0 Å². The van der Waals surface area contributed by atoms with Crippen LogP contribution in [0, 0.1) is 0 Å². The van der Waals surface area contributed by atoms with Gasteiger partial charge in [-0.25, -0.2) is 9.78 Å². The molecule has 0 unspecified atom stereocenters. The molecule has 0 saturated carbocycles. The lowest BCUT2D eigenvalue weighted by Gasteiger charge is -1.84. The number of nitrogens with one attached hydrogen (secondary N) is 1. The van der Waals surface area contributed by atoms with Gasteiger partial charge in [0.05, 0.1) is 0 Å². The molecule has 76 valence electrons. The molecule has 0 aliphatic rings. The molecule has 0 bridgehead atoms. The van der Waals surface area contributed by atoms with E-state index in [1.165, 1.54) is 11.3 Å². The normalized spacial score (nSPS) is 9.79. The average Bonchev–Trinajstić information content (AvgIpc) is 2.71. The molecule has 0 saturated heterocycles. The number of aromatic amines is 1. The van der Waals surface area contributed by atoms with Crippen molar-refractivity contribution in [1.29, 1.82) is 0 Å². The van der Waals surface area contributed by atoms with Crippen LogP contribution in [0.15, 0.2) is 14.7 Å². The maximum atomic E-state index is 10.6. The summed E-state index contributed by atoms with van der Waals surface area (Å²) in [5.41, 5.74) is 5.96. The minimum atomic E-state index is -0.586. The Hall–Kier alpha value is -1.18. The molecule has 0 atom stereocenters. The molecule has 8 heteroatoms. The van der Waals surface area contributed by atoms with E-state index in [-0.39, 0.29) is 12.4 Å². The van der Waals surface area contributed by atoms with Gasteiger partial charge in [0.1, 0.15) is 10.7 Å². The van der Waals surface area contributed by atoms with Gasteiger partial charge in [-0.05, 0) is 0 Å². The van der Waals surface area contributed by atoms with Gasteiger partial charge in [-0.2, -0.15) is 0 Å². The Morgan fingerprint density at radius 3 is 2.93 bits per heavy atom. The number of rotatable bonds is 2. The van der Waals surface area contributed by atoms with Crippen LogP contribution >= 0.6 is 23.7 Å². The van der Waals surface area contributed by atoms with Crippen molar-refractivity contribution in [1.82, 2.24) is 15.1 Å². The van der Waals surface area contributed by atoms with Crippen molar-refractivity contribution in [3.63, 3.8) is 0 Å². The van der Waals surface area contributed by atoms with E-state index in [4.69, 9.17) is 5.73 Å². The molecule has 2 rings (SSSR count). The van der Waals surface area contributed by atoms with Gasteiger partial charge in [-0.1, -0.05) is 5.16 Å². The number of halogens is 1. The number of aromatic nitrogens is 3. The lowest BCUT2D eigenvalue weighted by Crippen LogP contribution is -1.96. The van der Waals surface area contributed by atoms with Crippen LogP contribution in [0.1, 0.15) is 5.01 Å². The summed E-state index contributed by atoms with van der Waals surface area (Å²) in [6.07, 6.45) is 0. The second-order valence-electron chi connectivity index (χ2n) is 2.27. The topological polar surface area (TPSA) is 97.8 Å². The molecule has 0 spiro atoms. The fourth-order valence-electron chi connectivity index (χ4n) is 0.854. The lowest BCUT2D eigenvalue weighted by molar-refractivity contribution is 0.388. The highest BCUT2D eigenvalue weighted by Crippen LogP contribution is 2.16. The molecule has 2 heterocycles. The fourth-order valence-corrected chi connectivity index (χ4v) is 1.51. The van der Waals surface area contributed by atoms with E-state index in [1.54, 1.807) is 5.38 Å². The van der Waals surface area contributed by atoms with E-state index in [0.717, 1.165) is 5.01 Å². The summed E-state index contributed by atoms with van der Waals surface area (Å²) in [6.45, 7) is 0.382. The van der Waals surface area contributed by atoms with Gasteiger partial charge in [0, 0.05) is 11.9 Å². The highest BCUT2D eigenvalue weighted by molar-refractivity contribution is 7.09. The zero-order valence-corrected chi connectivity index (χ0v) is 8.52. The first-order valence-corrected chi connectivity index (χ1v) is 4.38. The highest BCUT2D eigenvalue weighted by atomic mass is 35.5. The Morgan fingerprint density at radius 2 is 2.43 bits per heavy atom. The second kappa shape index (κ2) is 4.36. The van der Waals surface area contributed by atoms with Crippen molar-refractivity contribution in [3.05, 3.63) is 20.9 Å². The zero-order chi connectivity index (χ0) is 9.26. The summed E-state index contributed by atoms with van der Waals surface area (Å²) in [5, 5.41) is 6.04. The summed E-state index contributed by atoms with van der Waals surface area (Å²) in [5.74, 6) is -0.252. The Balaban J connectivity index is 0.000000980. The van der Waals surface area contributed by atoms with E-state index in [9.17, 15) is 4.79 Å². The average molecular weight is 235 g/mol. The quantitative estimate of drug-likeness (QED) is 0.782. The van der Waals surface area contributed by atoms with E-state index < -0.39 is 5.76 Å². The summed E-state index contributed by atoms with van der Waals surface area (Å²) >= 11 is 1.41. The van der Waals surface area contributed by atoms with Gasteiger partial charge in [-0.3, -0.25) is 9.51 Å². The number of hydrogen-bond acceptors (Lipinski definition) is 6. The van der Waals surface area contributed by atoms with E-state index >= 15 is 0 Å². The van der Waals surface area contributed by atoms with E-state index in [2.05, 4.69) is 19.6 Å². The van der Waals surface area contributed by atoms with E-state index in [1.807, 2.05) is 0 Å². The Labute approximate surface area is 88.6 Å². The number of nitrogens with zero attached hydrogens (tertiary/aromatic N) is 2. The predicted molar refractivity (Wildman–Crippen MR) is 53.4 cm³/mol. The summed E-state index contributed by atoms with van der Waals surface area (Å²) in [6, 6.07) is 0. The molecule has 0 amide bonds. The van der Waals surface area contributed by atoms with Gasteiger partial charge in [0.25, 0.3) is 0 Å². The van der Waals surface area contributed by atoms with Gasteiger partial charge in [0.2, 0.25) is 5.82 Å². The van der Waals surface area contributed by atoms with Crippen molar-refractivity contribution in [2.45, 2.75) is 6.54 Å². The molecule has 0 aromatic carbocycles. The number of H-pyrrole nitrogens is 1. The van der Waals surface area contributed by atoms with Crippen LogP contribution in [-0.2, 0) is 6.54 Å². The molecule has 14 heavy (non-hydrogen) atoms. The van der Waals surface area contributed by atoms with Crippen molar-refractivity contribution in [3.8, 4) is 11.5 Å². The maximum absolute atomic E-state index is 10.6. The third kappa shape index (κ3) is 2.00. The van der Waals surface area contributed by atoms with Crippen molar-refractivity contribution < 1.29 is 4.52 Å². The van der Waals surface area contributed by atoms with Gasteiger partial charge < -0.3 is 5.73 Å². The minimum absolute atomic E-state index is 0. The van der Waals surface area contributed by atoms with Crippen LogP contribution in [0.3, 0.4) is 0 Å². The van der Waals surface area contributed by atoms with Crippen LogP contribution in [0.25, 0.3) is 11.5 Å². The Bertz CT molecular complexity index is 462. The fraction of sp³-hybridized carbons (Fsp3) is 0.167. The molecule has 2 aromatic heterocycles. The molecule has 6 nitrogen and oxygen atoms in total. The molecule has 0 aliphatic heterocycles. The molecule has 0 fully saturated rings. The highest BCUT2D eigenvalue weighted by Gasteiger charge is 2.07. The van der Waals surface area contributed by atoms with Crippen LogP contribution in [0.4, 0.5) is 0 Å². The Kier molecular flexibility index (Phi) is 3.39. The first kappa shape index (κ1) is 10.9. The maximum Gasteiger partial charge on any atom is 0.439 e. The number of hydrogen-bond donors (Lipinski definition) is 2. The predicted octanol–water partition coefficient (Wildman–Crippen LogP) is 0.367. The first-order valence-electron chi connectivity index (χ1n) is 3.50. The van der Waals surface area contributed by atoms with Gasteiger partial charge in [0.15, 0.2) is 0 Å². The van der Waals surface area contributed by atoms with Crippen molar-refractivity contribution in [2.24, 2.45) is 5.73 Å². The van der Waals surface area contributed by atoms with Gasteiger partial charge in [-0.15, -0.1) is 23.7 Å². The standard InChI is InChI=1S/C6H6N4O2S.ClH/c7-1-4-8-3(2-13-4)5-9-6(11)12-10-5;/h2H,1,7H2,(H,9,10,11);1H. The third-order valence-corrected chi connectivity index (χ3v) is 2.28. The molecular formula is C6H7ClN4O2S. The van der Waals surface area contributed by atoms with Crippen LogP contribution in [0.5, 0.6) is 0 Å². The molecular weight excluding hydrogens is 228 g/mol. The summed E-state index contributed by atoms with van der Waals surface area (Å²) in [4.78, 5) is 17.1. The molecule has 0 radical (unpaired) electrons.